The van der Waals surface area contributed by atoms with Crippen LogP contribution in [-0.4, -0.2) is 6.10 Å². The van der Waals surface area contributed by atoms with E-state index in [-0.39, 0.29) is 6.10 Å². The third kappa shape index (κ3) is 2.72. The molecule has 0 spiro atoms. The molecule has 21 heavy (non-hydrogen) atoms. The number of hydrogen-bond donors (Lipinski definition) is 0. The summed E-state index contributed by atoms with van der Waals surface area (Å²) >= 11 is 0. The predicted molar refractivity (Wildman–Crippen MR) is 89.6 cm³/mol. The lowest BCUT2D eigenvalue weighted by Gasteiger charge is -2.33. The van der Waals surface area contributed by atoms with Crippen LogP contribution < -0.4 is 4.74 Å². The van der Waals surface area contributed by atoms with Crippen molar-refractivity contribution < 1.29 is 4.74 Å². The Kier molecular flexibility index (Phi) is 4.28. The molecule has 0 unspecified atom stereocenters. The number of fused-ring (bicyclic) bond motifs is 2. The molecule has 0 N–H and O–H groups in total. The molecule has 0 radical (unpaired) electrons. The molecular formula is C20H30O. The Morgan fingerprint density at radius 3 is 1.48 bits per heavy atom. The van der Waals surface area contributed by atoms with Gasteiger partial charge in [0.1, 0.15) is 5.75 Å². The monoisotopic (exact) mass is 286 g/mol. The Labute approximate surface area is 130 Å². The van der Waals surface area contributed by atoms with Crippen molar-refractivity contribution in [2.24, 2.45) is 0 Å². The molecule has 1 nitrogen and oxygen atoms in total. The van der Waals surface area contributed by atoms with Crippen molar-refractivity contribution in [3.8, 4) is 5.75 Å². The molecule has 0 fully saturated rings. The summed E-state index contributed by atoms with van der Waals surface area (Å²) in [6.07, 6.45) is 10.6. The largest absolute Gasteiger partial charge is 0.490 e. The Morgan fingerprint density at radius 1 is 0.667 bits per heavy atom. The molecule has 0 aliphatic heterocycles. The highest BCUT2D eigenvalue weighted by atomic mass is 16.5. The van der Waals surface area contributed by atoms with Crippen LogP contribution in [-0.2, 0) is 25.7 Å². The molecule has 0 saturated carbocycles. The van der Waals surface area contributed by atoms with Gasteiger partial charge in [0.2, 0.25) is 0 Å². The first-order chi connectivity index (χ1) is 10.1. The van der Waals surface area contributed by atoms with Gasteiger partial charge in [0.15, 0.2) is 0 Å². The third-order valence-corrected chi connectivity index (χ3v) is 5.06. The molecule has 2 aliphatic carbocycles. The van der Waals surface area contributed by atoms with Crippen molar-refractivity contribution in [3.05, 3.63) is 27.8 Å². The number of hydrogen-bond acceptors (Lipinski definition) is 1. The normalized spacial score (nSPS) is 17.8. The summed E-state index contributed by atoms with van der Waals surface area (Å²) in [5, 5.41) is 0. The second kappa shape index (κ2) is 6.02. The van der Waals surface area contributed by atoms with Crippen LogP contribution in [0.2, 0.25) is 0 Å². The van der Waals surface area contributed by atoms with E-state index >= 15 is 0 Å². The van der Waals surface area contributed by atoms with Gasteiger partial charge in [-0.3, -0.25) is 0 Å². The van der Waals surface area contributed by atoms with Crippen molar-refractivity contribution >= 4 is 0 Å². The Morgan fingerprint density at radius 2 is 1.10 bits per heavy atom. The summed E-state index contributed by atoms with van der Waals surface area (Å²) in [4.78, 5) is 0. The number of rotatable bonds is 3. The fourth-order valence-electron chi connectivity index (χ4n) is 4.35. The van der Waals surface area contributed by atoms with Gasteiger partial charge in [-0.1, -0.05) is 13.8 Å². The maximum Gasteiger partial charge on any atom is 0.126 e. The van der Waals surface area contributed by atoms with Crippen molar-refractivity contribution in [2.75, 3.05) is 0 Å². The second-order valence-electron chi connectivity index (χ2n) is 7.39. The fourth-order valence-corrected chi connectivity index (χ4v) is 4.35. The van der Waals surface area contributed by atoms with Crippen LogP contribution in [0.4, 0.5) is 0 Å². The molecule has 0 heterocycles. The van der Waals surface area contributed by atoms with Crippen molar-refractivity contribution in [1.29, 1.82) is 0 Å². The van der Waals surface area contributed by atoms with Crippen molar-refractivity contribution in [3.63, 3.8) is 0 Å². The van der Waals surface area contributed by atoms with E-state index in [2.05, 4.69) is 27.7 Å². The average molecular weight is 286 g/mol. The minimum atomic E-state index is 0.284. The van der Waals surface area contributed by atoms with Gasteiger partial charge in [0.05, 0.1) is 6.10 Å². The third-order valence-electron chi connectivity index (χ3n) is 5.06. The summed E-state index contributed by atoms with van der Waals surface area (Å²) in [6.45, 7) is 9.09. The topological polar surface area (TPSA) is 9.23 Å². The minimum absolute atomic E-state index is 0.284. The summed E-state index contributed by atoms with van der Waals surface area (Å²) in [5.41, 5.74) is 8.15. The lowest BCUT2D eigenvalue weighted by molar-refractivity contribution is 0.235. The molecule has 3 rings (SSSR count). The highest BCUT2D eigenvalue weighted by Crippen LogP contribution is 2.44. The van der Waals surface area contributed by atoms with Gasteiger partial charge in [0, 0.05) is 0 Å². The SMILES string of the molecule is CC(C)Oc1c2c(c(C(C)C)c3c1CCCC3)CCCC2. The van der Waals surface area contributed by atoms with Gasteiger partial charge < -0.3 is 4.74 Å². The maximum atomic E-state index is 6.35. The van der Waals surface area contributed by atoms with E-state index in [0.29, 0.717) is 5.92 Å². The number of benzene rings is 1. The molecule has 1 aromatic rings. The van der Waals surface area contributed by atoms with Crippen LogP contribution >= 0.6 is 0 Å². The summed E-state index contributed by atoms with van der Waals surface area (Å²) in [7, 11) is 0. The lowest BCUT2D eigenvalue weighted by atomic mass is 9.75. The van der Waals surface area contributed by atoms with Gasteiger partial charge in [-0.15, -0.1) is 0 Å². The zero-order valence-electron chi connectivity index (χ0n) is 14.2. The molecule has 0 saturated heterocycles. The molecule has 0 atom stereocenters. The van der Waals surface area contributed by atoms with Crippen LogP contribution in [0.3, 0.4) is 0 Å². The first-order valence-electron chi connectivity index (χ1n) is 8.95. The minimum Gasteiger partial charge on any atom is -0.490 e. The van der Waals surface area contributed by atoms with Crippen LogP contribution in [0.15, 0.2) is 0 Å². The highest BCUT2D eigenvalue weighted by Gasteiger charge is 2.28. The smallest absolute Gasteiger partial charge is 0.126 e. The summed E-state index contributed by atoms with van der Waals surface area (Å²) in [5.74, 6) is 1.94. The van der Waals surface area contributed by atoms with E-state index in [1.54, 1.807) is 27.8 Å². The van der Waals surface area contributed by atoms with Crippen molar-refractivity contribution in [1.82, 2.24) is 0 Å². The molecular weight excluding hydrogens is 256 g/mol. The van der Waals surface area contributed by atoms with Crippen LogP contribution in [0, 0.1) is 0 Å². The Hall–Kier alpha value is -0.980. The van der Waals surface area contributed by atoms with Crippen LogP contribution in [0.25, 0.3) is 0 Å². The van der Waals surface area contributed by atoms with E-state index in [1.165, 1.54) is 57.1 Å². The fraction of sp³-hybridized carbons (Fsp3) is 0.700. The van der Waals surface area contributed by atoms with Crippen LogP contribution in [0.1, 0.15) is 87.1 Å². The molecule has 0 bridgehead atoms. The van der Waals surface area contributed by atoms with Gasteiger partial charge in [-0.05, 0) is 98.9 Å². The summed E-state index contributed by atoms with van der Waals surface area (Å²) < 4.78 is 6.35. The van der Waals surface area contributed by atoms with E-state index in [1.807, 2.05) is 0 Å². The van der Waals surface area contributed by atoms with Crippen molar-refractivity contribution in [2.45, 2.75) is 91.1 Å². The first-order valence-corrected chi connectivity index (χ1v) is 8.95. The standard InChI is InChI=1S/C20H30O/c1-13(2)19-15-9-5-7-11-17(15)20(21-14(3)4)18-12-8-6-10-16(18)19/h13-14H,5-12H2,1-4H3. The Bertz CT molecular complexity index is 488. The lowest BCUT2D eigenvalue weighted by Crippen LogP contribution is -2.20. The maximum absolute atomic E-state index is 6.35. The van der Waals surface area contributed by atoms with Gasteiger partial charge in [0.25, 0.3) is 0 Å². The van der Waals surface area contributed by atoms with E-state index in [0.717, 1.165) is 0 Å². The Balaban J connectivity index is 2.24. The van der Waals surface area contributed by atoms with Crippen LogP contribution in [0.5, 0.6) is 5.75 Å². The van der Waals surface area contributed by atoms with E-state index in [4.69, 9.17) is 4.74 Å². The number of ether oxygens (including phenoxy) is 1. The van der Waals surface area contributed by atoms with Gasteiger partial charge in [-0.2, -0.15) is 0 Å². The zero-order valence-corrected chi connectivity index (χ0v) is 14.2. The predicted octanol–water partition coefficient (Wildman–Crippen LogP) is 5.35. The quantitative estimate of drug-likeness (QED) is 0.727. The molecule has 1 heteroatoms. The zero-order chi connectivity index (χ0) is 15.0. The molecule has 2 aliphatic rings. The van der Waals surface area contributed by atoms with E-state index < -0.39 is 0 Å². The molecule has 0 aromatic heterocycles. The van der Waals surface area contributed by atoms with Gasteiger partial charge >= 0.3 is 0 Å². The molecule has 0 amide bonds. The summed E-state index contributed by atoms with van der Waals surface area (Å²) in [6, 6.07) is 0. The van der Waals surface area contributed by atoms with E-state index in [9.17, 15) is 0 Å². The molecule has 116 valence electrons. The second-order valence-corrected chi connectivity index (χ2v) is 7.39. The van der Waals surface area contributed by atoms with Gasteiger partial charge in [-0.25, -0.2) is 0 Å². The first kappa shape index (κ1) is 14.9. The average Bonchev–Trinajstić information content (AvgIpc) is 2.46. The molecule has 1 aromatic carbocycles. The highest BCUT2D eigenvalue weighted by molar-refractivity contribution is 5.58.